The summed E-state index contributed by atoms with van der Waals surface area (Å²) in [6, 6.07) is 8.08. The van der Waals surface area contributed by atoms with Crippen molar-refractivity contribution in [3.05, 3.63) is 29.8 Å². The van der Waals surface area contributed by atoms with Gasteiger partial charge in [0.2, 0.25) is 5.91 Å². The van der Waals surface area contributed by atoms with Crippen LogP contribution in [0.4, 0.5) is 0 Å². The van der Waals surface area contributed by atoms with Gasteiger partial charge < -0.3 is 20.7 Å². The predicted octanol–water partition coefficient (Wildman–Crippen LogP) is 3.17. The Bertz CT molecular complexity index is 567. The molecule has 26 heavy (non-hydrogen) atoms. The van der Waals surface area contributed by atoms with E-state index in [0.717, 1.165) is 37.0 Å². The molecule has 1 aliphatic rings. The molecule has 1 aromatic carbocycles. The van der Waals surface area contributed by atoms with Crippen LogP contribution in [0.3, 0.4) is 0 Å². The van der Waals surface area contributed by atoms with E-state index in [1.54, 1.807) is 7.11 Å². The summed E-state index contributed by atoms with van der Waals surface area (Å²) < 4.78 is 5.31. The molecule has 0 heterocycles. The summed E-state index contributed by atoms with van der Waals surface area (Å²) >= 11 is 0. The van der Waals surface area contributed by atoms with Gasteiger partial charge >= 0.3 is 0 Å². The molecule has 0 aromatic heterocycles. The fourth-order valence-electron chi connectivity index (χ4n) is 3.56. The van der Waals surface area contributed by atoms with E-state index in [2.05, 4.69) is 16.3 Å². The third-order valence-electron chi connectivity index (χ3n) is 5.14. The quantitative estimate of drug-likeness (QED) is 0.762. The first kappa shape index (κ1) is 25.0. The topological polar surface area (TPSA) is 67.6 Å². The van der Waals surface area contributed by atoms with Gasteiger partial charge in [-0.15, -0.1) is 24.8 Å². The largest absolute Gasteiger partial charge is 0.497 e. The molecule has 5 nitrogen and oxygen atoms in total. The number of benzene rings is 1. The number of rotatable bonds is 6. The van der Waals surface area contributed by atoms with Gasteiger partial charge in [0, 0.05) is 12.1 Å². The zero-order chi connectivity index (χ0) is 17.7. The van der Waals surface area contributed by atoms with Gasteiger partial charge in [0.1, 0.15) is 5.75 Å². The zero-order valence-electron chi connectivity index (χ0n) is 16.2. The third-order valence-corrected chi connectivity index (χ3v) is 5.14. The maximum atomic E-state index is 12.7. The second-order valence-corrected chi connectivity index (χ2v) is 7.31. The molecular weight excluding hydrogens is 373 g/mol. The summed E-state index contributed by atoms with van der Waals surface area (Å²) in [5.74, 6) is 0.807. The van der Waals surface area contributed by atoms with Crippen molar-refractivity contribution in [2.75, 3.05) is 27.7 Å². The molecule has 2 rings (SSSR count). The number of carbonyl (C=O) groups is 1. The second-order valence-electron chi connectivity index (χ2n) is 7.31. The van der Waals surface area contributed by atoms with Gasteiger partial charge in [-0.25, -0.2) is 0 Å². The number of carbonyl (C=O) groups excluding carboxylic acids is 1. The number of methoxy groups -OCH3 is 1. The molecule has 0 bridgehead atoms. The number of amides is 1. The van der Waals surface area contributed by atoms with Crippen molar-refractivity contribution in [3.63, 3.8) is 0 Å². The zero-order valence-corrected chi connectivity index (χ0v) is 17.8. The Morgan fingerprint density at radius 1 is 1.38 bits per heavy atom. The van der Waals surface area contributed by atoms with Crippen LogP contribution in [-0.4, -0.2) is 44.1 Å². The van der Waals surface area contributed by atoms with Crippen molar-refractivity contribution < 1.29 is 9.53 Å². The number of likely N-dealkylation sites (N-methyl/N-ethyl adjacent to an activating group) is 1. The molecule has 1 fully saturated rings. The lowest BCUT2D eigenvalue weighted by Gasteiger charge is -2.37. The molecule has 7 heteroatoms. The minimum Gasteiger partial charge on any atom is -0.497 e. The van der Waals surface area contributed by atoms with Crippen LogP contribution < -0.4 is 15.8 Å². The Balaban J connectivity index is 0.00000312. The first-order chi connectivity index (χ1) is 11.3. The molecule has 3 unspecified atom stereocenters. The molecule has 0 saturated heterocycles. The number of ether oxygens (including phenoxy) is 1. The number of hydrogen-bond acceptors (Lipinski definition) is 4. The second kappa shape index (κ2) is 11.0. The lowest BCUT2D eigenvalue weighted by atomic mass is 9.74. The molecule has 1 aliphatic carbocycles. The van der Waals surface area contributed by atoms with Crippen LogP contribution >= 0.6 is 24.8 Å². The molecular formula is C19H33Cl2N3O2. The fourth-order valence-corrected chi connectivity index (χ4v) is 3.56. The summed E-state index contributed by atoms with van der Waals surface area (Å²) in [6.45, 7) is 2.56. The molecule has 3 atom stereocenters. The van der Waals surface area contributed by atoms with Crippen molar-refractivity contribution in [2.24, 2.45) is 11.7 Å². The molecule has 150 valence electrons. The summed E-state index contributed by atoms with van der Waals surface area (Å²) in [4.78, 5) is 14.8. The molecule has 0 radical (unpaired) electrons. The lowest BCUT2D eigenvalue weighted by molar-refractivity contribution is -0.128. The predicted molar refractivity (Wildman–Crippen MR) is 111 cm³/mol. The Morgan fingerprint density at radius 3 is 2.65 bits per heavy atom. The number of hydrogen-bond donors (Lipinski definition) is 2. The average molecular weight is 406 g/mol. The summed E-state index contributed by atoms with van der Waals surface area (Å²) in [7, 11) is 5.70. The fraction of sp³-hybridized carbons (Fsp3) is 0.632. The molecule has 1 aromatic rings. The number of nitrogens with one attached hydrogen (secondary N) is 1. The standard InChI is InChI=1S/C19H31N3O2.2ClH/c1-19(20)11-6-5-10-16(19)18(23)21-13-17(22(2)3)14-8-7-9-15(12-14)24-4;;/h7-9,12,16-17H,5-6,10-11,13,20H2,1-4H3,(H,21,23);2*1H. The minimum atomic E-state index is -0.397. The van der Waals surface area contributed by atoms with Crippen LogP contribution in [0.5, 0.6) is 5.75 Å². The number of nitrogens with zero attached hydrogens (tertiary/aromatic N) is 1. The summed E-state index contributed by atoms with van der Waals surface area (Å²) in [5, 5.41) is 3.12. The van der Waals surface area contributed by atoms with Crippen molar-refractivity contribution in [2.45, 2.75) is 44.2 Å². The maximum Gasteiger partial charge on any atom is 0.225 e. The monoisotopic (exact) mass is 405 g/mol. The van der Waals surface area contributed by atoms with E-state index in [1.807, 2.05) is 39.2 Å². The van der Waals surface area contributed by atoms with E-state index in [-0.39, 0.29) is 42.7 Å². The van der Waals surface area contributed by atoms with E-state index in [4.69, 9.17) is 10.5 Å². The van der Waals surface area contributed by atoms with Gasteiger partial charge in [-0.1, -0.05) is 25.0 Å². The number of halogens is 2. The highest BCUT2D eigenvalue weighted by molar-refractivity contribution is 5.85. The molecule has 1 saturated carbocycles. The lowest BCUT2D eigenvalue weighted by Crippen LogP contribution is -2.53. The smallest absolute Gasteiger partial charge is 0.225 e. The number of nitrogens with two attached hydrogens (primary N) is 1. The van der Waals surface area contributed by atoms with Gasteiger partial charge in [0.25, 0.3) is 0 Å². The first-order valence-electron chi connectivity index (χ1n) is 8.72. The van der Waals surface area contributed by atoms with Crippen LogP contribution in [0, 0.1) is 5.92 Å². The first-order valence-corrected chi connectivity index (χ1v) is 8.72. The Kier molecular flexibility index (Phi) is 10.5. The normalized spacial score (nSPS) is 23.4. The van der Waals surface area contributed by atoms with E-state index < -0.39 is 5.54 Å². The van der Waals surface area contributed by atoms with Gasteiger partial charge in [-0.2, -0.15) is 0 Å². The minimum absolute atomic E-state index is 0. The highest BCUT2D eigenvalue weighted by Gasteiger charge is 2.37. The molecule has 0 spiro atoms. The SMILES string of the molecule is COc1cccc(C(CNC(=O)C2CCCCC2(C)N)N(C)C)c1.Cl.Cl. The van der Waals surface area contributed by atoms with Gasteiger partial charge in [0.05, 0.1) is 19.1 Å². The highest BCUT2D eigenvalue weighted by atomic mass is 35.5. The summed E-state index contributed by atoms with van der Waals surface area (Å²) in [6.07, 6.45) is 3.99. The molecule has 3 N–H and O–H groups in total. The van der Waals surface area contributed by atoms with Gasteiger partial charge in [0.15, 0.2) is 0 Å². The van der Waals surface area contributed by atoms with Crippen LogP contribution in [0.15, 0.2) is 24.3 Å². The van der Waals surface area contributed by atoms with Crippen LogP contribution in [0.2, 0.25) is 0 Å². The van der Waals surface area contributed by atoms with Crippen LogP contribution in [-0.2, 0) is 4.79 Å². The third kappa shape index (κ3) is 6.31. The maximum absolute atomic E-state index is 12.7. The van der Waals surface area contributed by atoms with Crippen molar-refractivity contribution in [3.8, 4) is 5.75 Å². The summed E-state index contributed by atoms with van der Waals surface area (Å²) in [5.41, 5.74) is 7.08. The molecule has 0 aliphatic heterocycles. The Labute approximate surface area is 169 Å². The Morgan fingerprint density at radius 2 is 2.08 bits per heavy atom. The van der Waals surface area contributed by atoms with Crippen molar-refractivity contribution in [1.82, 2.24) is 10.2 Å². The van der Waals surface area contributed by atoms with Crippen LogP contribution in [0.1, 0.15) is 44.2 Å². The van der Waals surface area contributed by atoms with Crippen molar-refractivity contribution in [1.29, 1.82) is 0 Å². The van der Waals surface area contributed by atoms with Gasteiger partial charge in [-0.05, 0) is 51.6 Å². The Hall–Kier alpha value is -1.01. The van der Waals surface area contributed by atoms with E-state index in [0.29, 0.717) is 6.54 Å². The van der Waals surface area contributed by atoms with Crippen molar-refractivity contribution >= 4 is 30.7 Å². The van der Waals surface area contributed by atoms with E-state index in [1.165, 1.54) is 0 Å². The van der Waals surface area contributed by atoms with Gasteiger partial charge in [-0.3, -0.25) is 4.79 Å². The average Bonchev–Trinajstić information content (AvgIpc) is 2.54. The molecule has 1 amide bonds. The highest BCUT2D eigenvalue weighted by Crippen LogP contribution is 2.32. The van der Waals surface area contributed by atoms with Crippen LogP contribution in [0.25, 0.3) is 0 Å². The van der Waals surface area contributed by atoms with E-state index >= 15 is 0 Å². The van der Waals surface area contributed by atoms with E-state index in [9.17, 15) is 4.79 Å².